The van der Waals surface area contributed by atoms with Crippen molar-refractivity contribution in [2.75, 3.05) is 11.6 Å². The lowest BCUT2D eigenvalue weighted by Gasteiger charge is -2.11. The Bertz CT molecular complexity index is 995. The molecule has 1 N–H and O–H groups in total. The second-order valence-corrected chi connectivity index (χ2v) is 6.88. The maximum atomic E-state index is 12.6. The SMILES string of the molecule is CSc1cccc(NC(=O)c2ccc(=O)n(Cc3ccccc3C)c2)c1. The summed E-state index contributed by atoms with van der Waals surface area (Å²) in [5.41, 5.74) is 3.23. The van der Waals surface area contributed by atoms with Crippen LogP contribution in [-0.2, 0) is 6.54 Å². The molecule has 1 heterocycles. The lowest BCUT2D eigenvalue weighted by molar-refractivity contribution is 0.102. The number of aromatic nitrogens is 1. The first kappa shape index (κ1) is 18.0. The highest BCUT2D eigenvalue weighted by atomic mass is 32.2. The van der Waals surface area contributed by atoms with E-state index < -0.39 is 0 Å². The van der Waals surface area contributed by atoms with Gasteiger partial charge in [0.15, 0.2) is 0 Å². The summed E-state index contributed by atoms with van der Waals surface area (Å²) < 4.78 is 1.57. The second-order valence-electron chi connectivity index (χ2n) is 6.00. The number of pyridine rings is 1. The molecule has 5 heteroatoms. The maximum Gasteiger partial charge on any atom is 0.257 e. The minimum Gasteiger partial charge on any atom is -0.322 e. The molecule has 26 heavy (non-hydrogen) atoms. The Hall–Kier alpha value is -2.79. The van der Waals surface area contributed by atoms with Crippen molar-refractivity contribution in [3.05, 3.63) is 93.9 Å². The van der Waals surface area contributed by atoms with Crippen molar-refractivity contribution in [1.29, 1.82) is 0 Å². The Kier molecular flexibility index (Phi) is 5.58. The molecule has 0 unspecified atom stereocenters. The van der Waals surface area contributed by atoms with Gasteiger partial charge in [-0.15, -0.1) is 11.8 Å². The van der Waals surface area contributed by atoms with Crippen LogP contribution < -0.4 is 10.9 Å². The molecule has 4 nitrogen and oxygen atoms in total. The number of hydrogen-bond donors (Lipinski definition) is 1. The van der Waals surface area contributed by atoms with Crippen molar-refractivity contribution < 1.29 is 4.79 Å². The first-order chi connectivity index (χ1) is 12.6. The first-order valence-electron chi connectivity index (χ1n) is 8.27. The van der Waals surface area contributed by atoms with E-state index >= 15 is 0 Å². The molecular weight excluding hydrogens is 344 g/mol. The van der Waals surface area contributed by atoms with Gasteiger partial charge in [0.05, 0.1) is 12.1 Å². The van der Waals surface area contributed by atoms with Crippen LogP contribution in [0.1, 0.15) is 21.5 Å². The highest BCUT2D eigenvalue weighted by molar-refractivity contribution is 7.98. The van der Waals surface area contributed by atoms with Crippen LogP contribution in [0.3, 0.4) is 0 Å². The third kappa shape index (κ3) is 4.24. The summed E-state index contributed by atoms with van der Waals surface area (Å²) in [5, 5.41) is 2.89. The molecule has 3 aromatic rings. The molecule has 0 radical (unpaired) electrons. The van der Waals surface area contributed by atoms with Gasteiger partial charge in [-0.3, -0.25) is 9.59 Å². The normalized spacial score (nSPS) is 10.5. The maximum absolute atomic E-state index is 12.6. The number of carbonyl (C=O) groups is 1. The fourth-order valence-corrected chi connectivity index (χ4v) is 3.12. The smallest absolute Gasteiger partial charge is 0.257 e. The van der Waals surface area contributed by atoms with Crippen molar-refractivity contribution in [2.45, 2.75) is 18.4 Å². The second kappa shape index (κ2) is 8.06. The van der Waals surface area contributed by atoms with Crippen LogP contribution in [0.2, 0.25) is 0 Å². The van der Waals surface area contributed by atoms with Gasteiger partial charge in [0, 0.05) is 22.8 Å². The fourth-order valence-electron chi connectivity index (χ4n) is 2.66. The number of thioether (sulfide) groups is 1. The molecule has 0 aliphatic rings. The van der Waals surface area contributed by atoms with Gasteiger partial charge < -0.3 is 9.88 Å². The molecule has 0 aliphatic heterocycles. The van der Waals surface area contributed by atoms with Gasteiger partial charge in [-0.2, -0.15) is 0 Å². The van der Waals surface area contributed by atoms with Gasteiger partial charge in [-0.1, -0.05) is 30.3 Å². The number of rotatable bonds is 5. The highest BCUT2D eigenvalue weighted by Gasteiger charge is 2.09. The molecular formula is C21H20N2O2S. The number of nitrogens with zero attached hydrogens (tertiary/aromatic N) is 1. The number of aryl methyl sites for hydroxylation is 1. The molecule has 0 fully saturated rings. The summed E-state index contributed by atoms with van der Waals surface area (Å²) in [7, 11) is 0. The van der Waals surface area contributed by atoms with E-state index in [1.807, 2.05) is 61.7 Å². The van der Waals surface area contributed by atoms with E-state index in [1.165, 1.54) is 6.07 Å². The third-order valence-electron chi connectivity index (χ3n) is 4.18. The van der Waals surface area contributed by atoms with Crippen molar-refractivity contribution in [3.63, 3.8) is 0 Å². The minimum absolute atomic E-state index is 0.130. The standard InChI is InChI=1S/C21H20N2O2S/c1-15-6-3-4-7-16(15)13-23-14-17(10-11-20(23)24)21(25)22-18-8-5-9-19(12-18)26-2/h3-12,14H,13H2,1-2H3,(H,22,25). The van der Waals surface area contributed by atoms with Crippen molar-refractivity contribution in [3.8, 4) is 0 Å². The summed E-state index contributed by atoms with van der Waals surface area (Å²) in [5.74, 6) is -0.234. The Morgan fingerprint density at radius 2 is 1.88 bits per heavy atom. The number of anilines is 1. The molecule has 0 saturated carbocycles. The van der Waals surface area contributed by atoms with E-state index in [2.05, 4.69) is 5.32 Å². The monoisotopic (exact) mass is 364 g/mol. The number of hydrogen-bond acceptors (Lipinski definition) is 3. The lowest BCUT2D eigenvalue weighted by Crippen LogP contribution is -2.22. The van der Waals surface area contributed by atoms with E-state index in [0.29, 0.717) is 12.1 Å². The number of nitrogens with one attached hydrogen (secondary N) is 1. The molecule has 132 valence electrons. The van der Waals surface area contributed by atoms with Crippen molar-refractivity contribution >= 4 is 23.4 Å². The molecule has 3 rings (SSSR count). The van der Waals surface area contributed by atoms with Crippen molar-refractivity contribution in [2.24, 2.45) is 0 Å². The number of benzene rings is 2. The first-order valence-corrected chi connectivity index (χ1v) is 9.50. The molecule has 1 aromatic heterocycles. The van der Waals surface area contributed by atoms with E-state index in [0.717, 1.165) is 21.7 Å². The molecule has 0 spiro atoms. The van der Waals surface area contributed by atoms with Crippen LogP contribution >= 0.6 is 11.8 Å². The highest BCUT2D eigenvalue weighted by Crippen LogP contribution is 2.19. The lowest BCUT2D eigenvalue weighted by atomic mass is 10.1. The third-order valence-corrected chi connectivity index (χ3v) is 4.90. The van der Waals surface area contributed by atoms with E-state index in [9.17, 15) is 9.59 Å². The van der Waals surface area contributed by atoms with Gasteiger partial charge in [-0.25, -0.2) is 0 Å². The number of amides is 1. The van der Waals surface area contributed by atoms with Crippen LogP contribution in [0.25, 0.3) is 0 Å². The van der Waals surface area contributed by atoms with Crippen LogP contribution in [0.15, 0.2) is 76.6 Å². The Balaban J connectivity index is 1.83. The van der Waals surface area contributed by atoms with Gasteiger partial charge in [0.1, 0.15) is 0 Å². The van der Waals surface area contributed by atoms with Crippen LogP contribution in [0.5, 0.6) is 0 Å². The minimum atomic E-state index is -0.234. The van der Waals surface area contributed by atoms with Gasteiger partial charge in [-0.05, 0) is 48.6 Å². The molecule has 1 amide bonds. The topological polar surface area (TPSA) is 51.1 Å². The summed E-state index contributed by atoms with van der Waals surface area (Å²) in [6.07, 6.45) is 3.60. The van der Waals surface area contributed by atoms with E-state index in [-0.39, 0.29) is 11.5 Å². The van der Waals surface area contributed by atoms with Crippen molar-refractivity contribution in [1.82, 2.24) is 4.57 Å². The quantitative estimate of drug-likeness (QED) is 0.691. The van der Waals surface area contributed by atoms with Crippen LogP contribution in [0.4, 0.5) is 5.69 Å². The average Bonchev–Trinajstić information content (AvgIpc) is 2.65. The predicted octanol–water partition coefficient (Wildman–Crippen LogP) is 4.18. The summed E-state index contributed by atoms with van der Waals surface area (Å²) in [4.78, 5) is 25.8. The molecule has 2 aromatic carbocycles. The van der Waals surface area contributed by atoms with Gasteiger partial charge in [0.25, 0.3) is 11.5 Å². The summed E-state index contributed by atoms with van der Waals surface area (Å²) in [6, 6.07) is 18.6. The molecule has 0 atom stereocenters. The van der Waals surface area contributed by atoms with Crippen LogP contribution in [-0.4, -0.2) is 16.7 Å². The average molecular weight is 364 g/mol. The van der Waals surface area contributed by atoms with E-state index in [1.54, 1.807) is 28.6 Å². The largest absolute Gasteiger partial charge is 0.322 e. The summed E-state index contributed by atoms with van der Waals surface area (Å²) >= 11 is 1.62. The van der Waals surface area contributed by atoms with Gasteiger partial charge in [0.2, 0.25) is 0 Å². The summed E-state index contributed by atoms with van der Waals surface area (Å²) in [6.45, 7) is 2.45. The molecule has 0 bridgehead atoms. The Morgan fingerprint density at radius 3 is 2.65 bits per heavy atom. The zero-order valence-corrected chi connectivity index (χ0v) is 15.5. The zero-order valence-electron chi connectivity index (χ0n) is 14.7. The molecule has 0 aliphatic carbocycles. The Labute approximate surface area is 156 Å². The Morgan fingerprint density at radius 1 is 1.08 bits per heavy atom. The van der Waals surface area contributed by atoms with E-state index in [4.69, 9.17) is 0 Å². The zero-order chi connectivity index (χ0) is 18.5. The fraction of sp³-hybridized carbons (Fsp3) is 0.143. The number of carbonyl (C=O) groups excluding carboxylic acids is 1. The molecule has 0 saturated heterocycles. The predicted molar refractivity (Wildman–Crippen MR) is 107 cm³/mol. The van der Waals surface area contributed by atoms with Crippen LogP contribution in [0, 0.1) is 6.92 Å². The van der Waals surface area contributed by atoms with Gasteiger partial charge >= 0.3 is 0 Å².